The second-order valence-corrected chi connectivity index (χ2v) is 21.6. The highest BCUT2D eigenvalue weighted by atomic mass is 16.6. The quantitative estimate of drug-likeness (QED) is 0.0261. The summed E-state index contributed by atoms with van der Waals surface area (Å²) in [6.45, 7) is 6.38. The Morgan fingerprint density at radius 1 is 0.266 bits per heavy atom. The number of ether oxygens (including phenoxy) is 3. The Morgan fingerprint density at radius 3 is 0.772 bits per heavy atom. The number of unbranched alkanes of at least 4 members (excludes halogenated alkanes) is 28. The molecule has 6 heteroatoms. The van der Waals surface area contributed by atoms with E-state index in [4.69, 9.17) is 14.2 Å². The molecule has 0 fully saturated rings. The standard InChI is InChI=1S/C73H122O6/c1-4-7-10-13-16-18-20-22-24-26-28-30-31-32-33-34-35-36-37-38-39-40-41-43-44-46-48-50-52-54-57-60-63-66-72(75)78-69-70(68-77-71(74)65-62-59-56-15-12-9-6-3)79-73(76)67-64-61-58-55-53-51-49-47-45-42-29-27-25-23-21-19-17-14-11-8-5-2/h7-8,10-11,16-19,22-25,28-30,32-33,35-36,42,70H,4-6,9,12-15,20-21,26-27,31,34,37-41,43-69H2,1-3H3/b10-7-,11-8-,18-16-,19-17-,24-22-,25-23-,30-28-,33-32-,36-35-,42-29-. The van der Waals surface area contributed by atoms with Gasteiger partial charge >= 0.3 is 17.9 Å². The number of carbonyl (C=O) groups is 3. The van der Waals surface area contributed by atoms with Gasteiger partial charge in [-0.25, -0.2) is 0 Å². The first-order chi connectivity index (χ1) is 39.0. The van der Waals surface area contributed by atoms with Crippen molar-refractivity contribution >= 4 is 17.9 Å². The Hall–Kier alpha value is -4.19. The van der Waals surface area contributed by atoms with E-state index in [1.807, 2.05) is 0 Å². The Morgan fingerprint density at radius 2 is 0.494 bits per heavy atom. The average Bonchev–Trinajstić information content (AvgIpc) is 3.45. The lowest BCUT2D eigenvalue weighted by Crippen LogP contribution is -2.30. The van der Waals surface area contributed by atoms with Crippen molar-refractivity contribution in [2.45, 2.75) is 309 Å². The first-order valence-corrected chi connectivity index (χ1v) is 33.0. The minimum Gasteiger partial charge on any atom is -0.462 e. The molecule has 450 valence electrons. The summed E-state index contributed by atoms with van der Waals surface area (Å²) >= 11 is 0. The first kappa shape index (κ1) is 74.8. The zero-order valence-electron chi connectivity index (χ0n) is 51.6. The molecule has 1 atom stereocenters. The lowest BCUT2D eigenvalue weighted by Gasteiger charge is -2.18. The summed E-state index contributed by atoms with van der Waals surface area (Å²) in [5, 5.41) is 0. The summed E-state index contributed by atoms with van der Waals surface area (Å²) in [6.07, 6.45) is 92.4. The summed E-state index contributed by atoms with van der Waals surface area (Å²) in [7, 11) is 0. The molecule has 1 unspecified atom stereocenters. The summed E-state index contributed by atoms with van der Waals surface area (Å²) in [6, 6.07) is 0. The van der Waals surface area contributed by atoms with Crippen molar-refractivity contribution < 1.29 is 28.6 Å². The van der Waals surface area contributed by atoms with Crippen LogP contribution in [0.5, 0.6) is 0 Å². The van der Waals surface area contributed by atoms with Crippen LogP contribution in [0.4, 0.5) is 0 Å². The highest BCUT2D eigenvalue weighted by Crippen LogP contribution is 2.16. The highest BCUT2D eigenvalue weighted by molar-refractivity contribution is 5.71. The maximum absolute atomic E-state index is 12.9. The number of allylic oxidation sites excluding steroid dienone is 20. The molecule has 0 aromatic carbocycles. The Labute approximate surface area is 488 Å². The van der Waals surface area contributed by atoms with Gasteiger partial charge in [0.15, 0.2) is 6.10 Å². The predicted molar refractivity (Wildman–Crippen MR) is 343 cm³/mol. The third-order valence-electron chi connectivity index (χ3n) is 14.0. The highest BCUT2D eigenvalue weighted by Gasteiger charge is 2.19. The molecule has 0 aliphatic carbocycles. The summed E-state index contributed by atoms with van der Waals surface area (Å²) < 4.78 is 16.8. The van der Waals surface area contributed by atoms with Crippen LogP contribution in [0.15, 0.2) is 122 Å². The topological polar surface area (TPSA) is 78.9 Å². The van der Waals surface area contributed by atoms with Crippen LogP contribution in [0, 0.1) is 0 Å². The minimum atomic E-state index is -0.782. The Balaban J connectivity index is 4.09. The molecule has 0 saturated heterocycles. The SMILES string of the molecule is CC/C=C\C/C=C\C/C=C\C/C=C\C/C=C\C/C=C\CCCCCCCCCCCCCCCCC(=O)OCC(COC(=O)CCCCCCCCC)OC(=O)CCCCCCCCCC/C=C\C/C=C\C/C=C\C/C=C\CC. The summed E-state index contributed by atoms with van der Waals surface area (Å²) in [5.74, 6) is -0.889. The van der Waals surface area contributed by atoms with Gasteiger partial charge in [-0.1, -0.05) is 296 Å². The van der Waals surface area contributed by atoms with E-state index in [0.717, 1.165) is 128 Å². The minimum absolute atomic E-state index is 0.0804. The first-order valence-electron chi connectivity index (χ1n) is 33.0. The third-order valence-corrected chi connectivity index (χ3v) is 14.0. The van der Waals surface area contributed by atoms with Crippen LogP contribution in [0.3, 0.4) is 0 Å². The molecule has 0 aromatic rings. The van der Waals surface area contributed by atoms with Gasteiger partial charge in [0.25, 0.3) is 0 Å². The second-order valence-electron chi connectivity index (χ2n) is 21.6. The van der Waals surface area contributed by atoms with Gasteiger partial charge in [0.2, 0.25) is 0 Å². The Bertz CT molecular complexity index is 1640. The largest absolute Gasteiger partial charge is 0.462 e. The molecule has 0 heterocycles. The van der Waals surface area contributed by atoms with Crippen LogP contribution in [-0.4, -0.2) is 37.2 Å². The van der Waals surface area contributed by atoms with Crippen molar-refractivity contribution in [2.24, 2.45) is 0 Å². The molecular weight excluding hydrogens is 973 g/mol. The molecule has 0 radical (unpaired) electrons. The van der Waals surface area contributed by atoms with E-state index >= 15 is 0 Å². The monoisotopic (exact) mass is 1090 g/mol. The van der Waals surface area contributed by atoms with Gasteiger partial charge in [-0.3, -0.25) is 14.4 Å². The predicted octanol–water partition coefficient (Wildman–Crippen LogP) is 22.8. The van der Waals surface area contributed by atoms with Crippen molar-refractivity contribution in [3.8, 4) is 0 Å². The van der Waals surface area contributed by atoms with Gasteiger partial charge in [0.1, 0.15) is 13.2 Å². The van der Waals surface area contributed by atoms with Gasteiger partial charge in [-0.15, -0.1) is 0 Å². The lowest BCUT2D eigenvalue weighted by molar-refractivity contribution is -0.167. The molecule has 0 aliphatic rings. The summed E-state index contributed by atoms with van der Waals surface area (Å²) in [4.78, 5) is 38.1. The van der Waals surface area contributed by atoms with Gasteiger partial charge < -0.3 is 14.2 Å². The van der Waals surface area contributed by atoms with Crippen LogP contribution in [-0.2, 0) is 28.6 Å². The number of carbonyl (C=O) groups excluding carboxylic acids is 3. The fourth-order valence-corrected chi connectivity index (χ4v) is 9.09. The average molecular weight is 1100 g/mol. The van der Waals surface area contributed by atoms with Crippen LogP contribution in [0.2, 0.25) is 0 Å². The fourth-order valence-electron chi connectivity index (χ4n) is 9.09. The molecule has 0 N–H and O–H groups in total. The second kappa shape index (κ2) is 66.3. The molecule has 0 amide bonds. The maximum atomic E-state index is 12.9. The van der Waals surface area contributed by atoms with E-state index in [1.54, 1.807) is 0 Å². The van der Waals surface area contributed by atoms with Gasteiger partial charge in [0.05, 0.1) is 0 Å². The van der Waals surface area contributed by atoms with E-state index in [2.05, 4.69) is 142 Å². The zero-order valence-corrected chi connectivity index (χ0v) is 51.6. The van der Waals surface area contributed by atoms with Crippen LogP contribution in [0.1, 0.15) is 303 Å². The van der Waals surface area contributed by atoms with Crippen molar-refractivity contribution in [2.75, 3.05) is 13.2 Å². The maximum Gasteiger partial charge on any atom is 0.306 e. The van der Waals surface area contributed by atoms with Crippen LogP contribution >= 0.6 is 0 Å². The molecule has 0 spiro atoms. The molecular formula is C73H122O6. The van der Waals surface area contributed by atoms with E-state index in [9.17, 15) is 14.4 Å². The molecule has 6 nitrogen and oxygen atoms in total. The molecule has 0 saturated carbocycles. The number of hydrogen-bond donors (Lipinski definition) is 0. The van der Waals surface area contributed by atoms with Crippen molar-refractivity contribution in [1.29, 1.82) is 0 Å². The summed E-state index contributed by atoms with van der Waals surface area (Å²) in [5.41, 5.74) is 0. The van der Waals surface area contributed by atoms with E-state index < -0.39 is 6.10 Å². The van der Waals surface area contributed by atoms with Crippen molar-refractivity contribution in [3.05, 3.63) is 122 Å². The molecule has 0 aromatic heterocycles. The van der Waals surface area contributed by atoms with Crippen molar-refractivity contribution in [3.63, 3.8) is 0 Å². The normalized spacial score (nSPS) is 12.9. The molecule has 0 aliphatic heterocycles. The Kier molecular flexibility index (Phi) is 62.8. The third kappa shape index (κ3) is 64.5. The number of hydrogen-bond acceptors (Lipinski definition) is 6. The fraction of sp³-hybridized carbons (Fsp3) is 0.685. The lowest BCUT2D eigenvalue weighted by atomic mass is 10.0. The van der Waals surface area contributed by atoms with Crippen LogP contribution in [0.25, 0.3) is 0 Å². The van der Waals surface area contributed by atoms with Gasteiger partial charge in [-0.05, 0) is 109 Å². The van der Waals surface area contributed by atoms with Crippen LogP contribution < -0.4 is 0 Å². The molecule has 0 rings (SSSR count). The number of rotatable bonds is 59. The van der Waals surface area contributed by atoms with E-state index in [1.165, 1.54) is 135 Å². The van der Waals surface area contributed by atoms with E-state index in [-0.39, 0.29) is 31.1 Å². The smallest absolute Gasteiger partial charge is 0.306 e. The van der Waals surface area contributed by atoms with Gasteiger partial charge in [0, 0.05) is 19.3 Å². The van der Waals surface area contributed by atoms with E-state index in [0.29, 0.717) is 19.3 Å². The zero-order chi connectivity index (χ0) is 57.1. The molecule has 79 heavy (non-hydrogen) atoms. The molecule has 0 bridgehead atoms. The van der Waals surface area contributed by atoms with Gasteiger partial charge in [-0.2, -0.15) is 0 Å². The number of esters is 3. The van der Waals surface area contributed by atoms with Crippen molar-refractivity contribution in [1.82, 2.24) is 0 Å².